The highest BCUT2D eigenvalue weighted by atomic mass is 28.3. The van der Waals surface area contributed by atoms with Crippen LogP contribution in [0.2, 0.25) is 0 Å². The number of rotatable bonds is 4. The predicted molar refractivity (Wildman–Crippen MR) is 275 cm³/mol. The molecule has 0 saturated heterocycles. The highest BCUT2D eigenvalue weighted by Crippen LogP contribution is 2.45. The minimum atomic E-state index is -2.82. The second-order valence-corrected chi connectivity index (χ2v) is 23.9. The maximum atomic E-state index is 7.18. The van der Waals surface area contributed by atoms with Crippen LogP contribution in [-0.4, -0.2) is 14.8 Å². The zero-order chi connectivity index (χ0) is 43.5. The lowest BCUT2D eigenvalue weighted by Crippen LogP contribution is -2.73. The summed E-state index contributed by atoms with van der Waals surface area (Å²) in [5.41, 5.74) is 14.9. The first-order chi connectivity index (χ1) is 31.0. The van der Waals surface area contributed by atoms with E-state index in [4.69, 9.17) is 4.74 Å². The molecule has 0 aromatic heterocycles. The van der Waals surface area contributed by atoms with Gasteiger partial charge in [0.25, 0.3) is 6.71 Å². The monoisotopic (exact) mass is 839 g/mol. The minimum absolute atomic E-state index is 0.0179. The lowest BCUT2D eigenvalue weighted by molar-refractivity contribution is 0.486. The Bertz CT molecular complexity index is 3290. The molecule has 0 unspecified atom stereocenters. The third kappa shape index (κ3) is 5.78. The molecule has 12 rings (SSSR count). The molecular formula is C60H50BNOSi. The molecule has 0 amide bonds. The molecule has 0 atom stereocenters. The van der Waals surface area contributed by atoms with Gasteiger partial charge in [0.15, 0.2) is 8.07 Å². The van der Waals surface area contributed by atoms with Crippen molar-refractivity contribution in [3.05, 3.63) is 205 Å². The minimum Gasteiger partial charge on any atom is -0.458 e. The molecule has 4 heteroatoms. The average Bonchev–Trinajstić information content (AvgIpc) is 3.60. The van der Waals surface area contributed by atoms with Gasteiger partial charge >= 0.3 is 0 Å². The van der Waals surface area contributed by atoms with Gasteiger partial charge in [-0.1, -0.05) is 193 Å². The van der Waals surface area contributed by atoms with E-state index < -0.39 is 8.07 Å². The number of fused-ring (bicyclic) bond motifs is 8. The van der Waals surface area contributed by atoms with Crippen molar-refractivity contribution < 1.29 is 4.74 Å². The van der Waals surface area contributed by atoms with Gasteiger partial charge < -0.3 is 9.64 Å². The van der Waals surface area contributed by atoms with Crippen LogP contribution in [-0.2, 0) is 10.8 Å². The molecule has 3 heterocycles. The summed E-state index contributed by atoms with van der Waals surface area (Å²) in [5.74, 6) is 1.85. The van der Waals surface area contributed by atoms with E-state index in [0.29, 0.717) is 0 Å². The average molecular weight is 840 g/mol. The van der Waals surface area contributed by atoms with Crippen LogP contribution < -0.4 is 46.8 Å². The molecule has 0 spiro atoms. The summed E-state index contributed by atoms with van der Waals surface area (Å²) >= 11 is 0. The summed E-state index contributed by atoms with van der Waals surface area (Å²) in [5, 5.41) is 8.15. The van der Waals surface area contributed by atoms with Crippen molar-refractivity contribution in [2.24, 2.45) is 0 Å². The van der Waals surface area contributed by atoms with E-state index in [0.717, 1.165) is 28.4 Å². The van der Waals surface area contributed by atoms with Crippen molar-refractivity contribution >= 4 is 79.8 Å². The van der Waals surface area contributed by atoms with Gasteiger partial charge in [-0.3, -0.25) is 0 Å². The van der Waals surface area contributed by atoms with Crippen LogP contribution in [0.4, 0.5) is 17.1 Å². The topological polar surface area (TPSA) is 12.5 Å². The van der Waals surface area contributed by atoms with Crippen molar-refractivity contribution in [1.29, 1.82) is 0 Å². The second kappa shape index (κ2) is 14.1. The third-order valence-corrected chi connectivity index (χ3v) is 19.2. The summed E-state index contributed by atoms with van der Waals surface area (Å²) in [6, 6.07) is 73.8. The van der Waals surface area contributed by atoms with Gasteiger partial charge in [0.05, 0.1) is 0 Å². The molecular weight excluding hydrogens is 790 g/mol. The zero-order valence-electron chi connectivity index (χ0n) is 37.4. The van der Waals surface area contributed by atoms with E-state index in [1.54, 1.807) is 0 Å². The second-order valence-electron chi connectivity index (χ2n) is 20.1. The van der Waals surface area contributed by atoms with E-state index in [1.165, 1.54) is 81.4 Å². The van der Waals surface area contributed by atoms with E-state index in [-0.39, 0.29) is 17.5 Å². The van der Waals surface area contributed by atoms with Crippen LogP contribution in [0, 0.1) is 0 Å². The number of benzene rings is 9. The maximum absolute atomic E-state index is 7.18. The fourth-order valence-corrected chi connectivity index (χ4v) is 16.3. The van der Waals surface area contributed by atoms with E-state index in [9.17, 15) is 0 Å². The Morgan fingerprint density at radius 2 is 1.08 bits per heavy atom. The van der Waals surface area contributed by atoms with Crippen LogP contribution in [0.5, 0.6) is 11.5 Å². The van der Waals surface area contributed by atoms with Crippen molar-refractivity contribution in [1.82, 2.24) is 0 Å². The molecule has 9 aromatic rings. The van der Waals surface area contributed by atoms with E-state index in [2.05, 4.69) is 241 Å². The Morgan fingerprint density at radius 3 is 1.78 bits per heavy atom. The lowest BCUT2D eigenvalue weighted by atomic mass is 9.34. The Kier molecular flexibility index (Phi) is 8.52. The van der Waals surface area contributed by atoms with Gasteiger partial charge in [-0.05, 0) is 135 Å². The molecule has 0 bridgehead atoms. The molecule has 0 saturated carbocycles. The Morgan fingerprint density at radius 1 is 0.438 bits per heavy atom. The van der Waals surface area contributed by atoms with Gasteiger partial charge in [-0.25, -0.2) is 0 Å². The standard InChI is InChI=1S/C60H50BNOSi/c1-59(2,3)43-27-30-45(31-28-43)62-52-38-57-49(48-23-15-16-24-56(48)64(57,46-19-9-7-10-20-46)47-21-11-8-12-22-47)37-50(52)61-51-36-44(60(4,5)6)29-32-54(51)63-55-35-42(34-53(62)58(55)61)41-26-25-39-17-13-14-18-40(39)33-41/h7-38H,1-6H3. The van der Waals surface area contributed by atoms with E-state index >= 15 is 0 Å². The molecule has 0 N–H and O–H groups in total. The lowest BCUT2D eigenvalue weighted by Gasteiger charge is -2.42. The summed E-state index contributed by atoms with van der Waals surface area (Å²) in [4.78, 5) is 2.57. The van der Waals surface area contributed by atoms with Gasteiger partial charge in [0.1, 0.15) is 11.5 Å². The van der Waals surface area contributed by atoms with Crippen molar-refractivity contribution in [2.45, 2.75) is 52.4 Å². The normalized spacial score (nSPS) is 14.3. The predicted octanol–water partition coefficient (Wildman–Crippen LogP) is 10.9. The van der Waals surface area contributed by atoms with Crippen molar-refractivity contribution in [3.8, 4) is 33.8 Å². The molecule has 0 aliphatic carbocycles. The SMILES string of the molecule is CC(C)(C)c1ccc(N2c3cc4c(cc3B3c5cc(C(C)(C)C)ccc5Oc5cc(-c6ccc7ccccc7c6)cc2c53)-c2ccccc2[Si]4(c2ccccc2)c2ccccc2)cc1. The number of hydrogen-bond donors (Lipinski definition) is 0. The fourth-order valence-electron chi connectivity index (χ4n) is 11.1. The molecule has 3 aliphatic heterocycles. The summed E-state index contributed by atoms with van der Waals surface area (Å²) in [6.45, 7) is 13.8. The highest BCUT2D eigenvalue weighted by molar-refractivity contribution is 7.22. The van der Waals surface area contributed by atoms with Gasteiger partial charge in [0, 0.05) is 17.1 Å². The quantitative estimate of drug-likeness (QED) is 0.164. The first-order valence-corrected chi connectivity index (χ1v) is 24.8. The molecule has 3 aliphatic rings. The number of nitrogens with zero attached hydrogens (tertiary/aromatic N) is 1. The summed E-state index contributed by atoms with van der Waals surface area (Å²) < 4.78 is 7.18. The smallest absolute Gasteiger partial charge is 0.256 e. The van der Waals surface area contributed by atoms with Gasteiger partial charge in [-0.2, -0.15) is 0 Å². The molecule has 2 nitrogen and oxygen atoms in total. The Labute approximate surface area is 378 Å². The van der Waals surface area contributed by atoms with E-state index in [1.807, 2.05) is 0 Å². The molecule has 308 valence electrons. The summed E-state index contributed by atoms with van der Waals surface area (Å²) in [6.07, 6.45) is 0. The Hall–Kier alpha value is -6.88. The first-order valence-electron chi connectivity index (χ1n) is 22.8. The zero-order valence-corrected chi connectivity index (χ0v) is 38.4. The number of anilines is 3. The van der Waals surface area contributed by atoms with Crippen LogP contribution in [0.25, 0.3) is 33.0 Å². The van der Waals surface area contributed by atoms with Gasteiger partial charge in [-0.15, -0.1) is 0 Å². The van der Waals surface area contributed by atoms with Crippen LogP contribution in [0.15, 0.2) is 194 Å². The maximum Gasteiger partial charge on any atom is 0.256 e. The van der Waals surface area contributed by atoms with Crippen LogP contribution in [0.1, 0.15) is 52.7 Å². The van der Waals surface area contributed by atoms with Gasteiger partial charge in [0.2, 0.25) is 0 Å². The van der Waals surface area contributed by atoms with Crippen molar-refractivity contribution in [2.75, 3.05) is 4.90 Å². The molecule has 64 heavy (non-hydrogen) atoms. The summed E-state index contributed by atoms with van der Waals surface area (Å²) in [7, 11) is -2.82. The molecule has 9 aromatic carbocycles. The highest BCUT2D eigenvalue weighted by Gasteiger charge is 2.51. The third-order valence-electron chi connectivity index (χ3n) is 14.3. The van der Waals surface area contributed by atoms with Crippen LogP contribution >= 0.6 is 0 Å². The molecule has 0 radical (unpaired) electrons. The van der Waals surface area contributed by atoms with Crippen LogP contribution in [0.3, 0.4) is 0 Å². The fraction of sp³-hybridized carbons (Fsp3) is 0.133. The van der Waals surface area contributed by atoms with Crippen molar-refractivity contribution in [3.63, 3.8) is 0 Å². The number of hydrogen-bond acceptors (Lipinski definition) is 2. The number of ether oxygens (including phenoxy) is 1. The Balaban J connectivity index is 1.21. The first kappa shape index (κ1) is 38.8. The largest absolute Gasteiger partial charge is 0.458 e. The molecule has 0 fully saturated rings.